The van der Waals surface area contributed by atoms with Crippen LogP contribution in [-0.4, -0.2) is 13.1 Å². The number of aryl methyl sites for hydroxylation is 1. The highest BCUT2D eigenvalue weighted by atomic mass is 79.9. The van der Waals surface area contributed by atoms with Gasteiger partial charge < -0.3 is 5.32 Å². The molecule has 0 aromatic heterocycles. The van der Waals surface area contributed by atoms with E-state index in [0.717, 1.165) is 29.0 Å². The van der Waals surface area contributed by atoms with E-state index in [9.17, 15) is 0 Å². The van der Waals surface area contributed by atoms with E-state index >= 15 is 0 Å². The smallest absolute Gasteiger partial charge is 0.0440 e. The Morgan fingerprint density at radius 1 is 1.19 bits per heavy atom. The van der Waals surface area contributed by atoms with Crippen molar-refractivity contribution >= 4 is 27.5 Å². The summed E-state index contributed by atoms with van der Waals surface area (Å²) < 4.78 is 1.16. The van der Waals surface area contributed by atoms with Gasteiger partial charge in [0.05, 0.1) is 0 Å². The lowest BCUT2D eigenvalue weighted by Crippen LogP contribution is -2.23. The summed E-state index contributed by atoms with van der Waals surface area (Å²) in [6, 6.07) is 14.8. The van der Waals surface area contributed by atoms with Gasteiger partial charge in [-0.1, -0.05) is 64.8 Å². The van der Waals surface area contributed by atoms with Crippen LogP contribution in [0.2, 0.25) is 5.02 Å². The van der Waals surface area contributed by atoms with Crippen molar-refractivity contribution in [3.8, 4) is 0 Å². The monoisotopic (exact) mass is 365 g/mol. The van der Waals surface area contributed by atoms with Crippen LogP contribution in [0.4, 0.5) is 0 Å². The number of halogens is 2. The molecule has 0 amide bonds. The first-order valence-electron chi connectivity index (χ1n) is 7.32. The molecule has 1 atom stereocenters. The van der Waals surface area contributed by atoms with Crippen LogP contribution in [0.3, 0.4) is 0 Å². The molecule has 0 aliphatic heterocycles. The maximum Gasteiger partial charge on any atom is 0.0440 e. The van der Waals surface area contributed by atoms with Gasteiger partial charge in [-0.3, -0.25) is 0 Å². The summed E-state index contributed by atoms with van der Waals surface area (Å²) in [6.07, 6.45) is 0.939. The molecule has 0 saturated carbocycles. The molecule has 0 saturated heterocycles. The molecule has 1 nitrogen and oxygen atoms in total. The minimum atomic E-state index is 0.403. The molecular weight excluding hydrogens is 346 g/mol. The number of benzene rings is 2. The average molecular weight is 367 g/mol. The maximum atomic E-state index is 6.40. The van der Waals surface area contributed by atoms with Crippen molar-refractivity contribution in [2.75, 3.05) is 13.1 Å². The van der Waals surface area contributed by atoms with E-state index in [1.54, 1.807) is 0 Å². The lowest BCUT2D eigenvalue weighted by Gasteiger charge is -2.20. The lowest BCUT2D eigenvalue weighted by molar-refractivity contribution is 0.593. The van der Waals surface area contributed by atoms with Gasteiger partial charge in [0.15, 0.2) is 0 Å². The zero-order valence-electron chi connectivity index (χ0n) is 12.5. The van der Waals surface area contributed by atoms with E-state index in [4.69, 9.17) is 11.6 Å². The van der Waals surface area contributed by atoms with E-state index in [2.05, 4.69) is 71.5 Å². The summed E-state index contributed by atoms with van der Waals surface area (Å²) in [5, 5.41) is 4.33. The average Bonchev–Trinajstić information content (AvgIpc) is 2.46. The van der Waals surface area contributed by atoms with Gasteiger partial charge in [0.1, 0.15) is 0 Å². The molecule has 0 aliphatic rings. The van der Waals surface area contributed by atoms with Crippen molar-refractivity contribution in [3.05, 3.63) is 68.7 Å². The summed E-state index contributed by atoms with van der Waals surface area (Å²) in [4.78, 5) is 0. The Bertz CT molecular complexity index is 598. The van der Waals surface area contributed by atoms with Crippen molar-refractivity contribution < 1.29 is 0 Å². The molecule has 3 heteroatoms. The first-order valence-corrected chi connectivity index (χ1v) is 8.49. The van der Waals surface area contributed by atoms with Gasteiger partial charge in [-0.2, -0.15) is 0 Å². The summed E-state index contributed by atoms with van der Waals surface area (Å²) in [7, 11) is 0. The van der Waals surface area contributed by atoms with Crippen molar-refractivity contribution in [2.45, 2.75) is 26.2 Å². The van der Waals surface area contributed by atoms with Crippen LogP contribution in [0, 0.1) is 6.92 Å². The number of likely N-dealkylation sites (N-methyl/N-ethyl adjacent to an activating group) is 1. The minimum Gasteiger partial charge on any atom is -0.316 e. The van der Waals surface area contributed by atoms with E-state index in [-0.39, 0.29) is 0 Å². The van der Waals surface area contributed by atoms with Gasteiger partial charge in [0.25, 0.3) is 0 Å². The highest BCUT2D eigenvalue weighted by molar-refractivity contribution is 9.10. The summed E-state index contributed by atoms with van der Waals surface area (Å²) in [5.74, 6) is 0.403. The second-order valence-corrected chi connectivity index (χ2v) is 6.59. The predicted molar refractivity (Wildman–Crippen MR) is 95.3 cm³/mol. The SMILES string of the molecule is CCNCC(Cc1ccc(C)cc1Cl)c1ccccc1Br. The molecule has 2 rings (SSSR count). The predicted octanol–water partition coefficient (Wildman–Crippen LogP) is 5.35. The Labute approximate surface area is 140 Å². The van der Waals surface area contributed by atoms with Gasteiger partial charge in [-0.25, -0.2) is 0 Å². The van der Waals surface area contributed by atoms with Crippen LogP contribution in [0.15, 0.2) is 46.9 Å². The Morgan fingerprint density at radius 2 is 1.95 bits per heavy atom. The largest absolute Gasteiger partial charge is 0.316 e. The number of hydrogen-bond donors (Lipinski definition) is 1. The van der Waals surface area contributed by atoms with E-state index in [1.807, 2.05) is 6.07 Å². The topological polar surface area (TPSA) is 12.0 Å². The molecule has 1 unspecified atom stereocenters. The van der Waals surface area contributed by atoms with Crippen LogP contribution in [0.5, 0.6) is 0 Å². The number of nitrogens with one attached hydrogen (secondary N) is 1. The fraction of sp³-hybridized carbons (Fsp3) is 0.333. The van der Waals surface area contributed by atoms with Crippen molar-refractivity contribution in [2.24, 2.45) is 0 Å². The zero-order valence-corrected chi connectivity index (χ0v) is 14.8. The third-order valence-corrected chi connectivity index (χ3v) is 4.73. The summed E-state index contributed by atoms with van der Waals surface area (Å²) >= 11 is 10.1. The first-order chi connectivity index (χ1) is 10.1. The van der Waals surface area contributed by atoms with Crippen LogP contribution >= 0.6 is 27.5 Å². The molecule has 0 aliphatic carbocycles. The van der Waals surface area contributed by atoms with Gasteiger partial charge in [-0.15, -0.1) is 0 Å². The fourth-order valence-electron chi connectivity index (χ4n) is 2.50. The zero-order chi connectivity index (χ0) is 15.2. The third-order valence-electron chi connectivity index (χ3n) is 3.66. The molecule has 0 spiro atoms. The van der Waals surface area contributed by atoms with Crippen molar-refractivity contribution in [1.29, 1.82) is 0 Å². The quantitative estimate of drug-likeness (QED) is 0.727. The van der Waals surface area contributed by atoms with Crippen LogP contribution < -0.4 is 5.32 Å². The number of hydrogen-bond acceptors (Lipinski definition) is 1. The molecular formula is C18H21BrClN. The summed E-state index contributed by atoms with van der Waals surface area (Å²) in [5.41, 5.74) is 3.74. The van der Waals surface area contributed by atoms with Crippen LogP contribution in [0.25, 0.3) is 0 Å². The van der Waals surface area contributed by atoms with Crippen molar-refractivity contribution in [1.82, 2.24) is 5.32 Å². The highest BCUT2D eigenvalue weighted by Gasteiger charge is 2.16. The Kier molecular flexibility index (Phi) is 6.28. The Morgan fingerprint density at radius 3 is 2.62 bits per heavy atom. The van der Waals surface area contributed by atoms with E-state index < -0.39 is 0 Å². The molecule has 0 heterocycles. The number of rotatable bonds is 6. The van der Waals surface area contributed by atoms with Gasteiger partial charge in [-0.05, 0) is 48.7 Å². The second-order valence-electron chi connectivity index (χ2n) is 5.33. The molecule has 0 bridgehead atoms. The molecule has 21 heavy (non-hydrogen) atoms. The van der Waals surface area contributed by atoms with Gasteiger partial charge in [0, 0.05) is 22.0 Å². The molecule has 0 fully saturated rings. The van der Waals surface area contributed by atoms with Crippen LogP contribution in [-0.2, 0) is 6.42 Å². The first kappa shape index (κ1) is 16.5. The Balaban J connectivity index is 2.26. The minimum absolute atomic E-state index is 0.403. The molecule has 0 radical (unpaired) electrons. The highest BCUT2D eigenvalue weighted by Crippen LogP contribution is 2.30. The van der Waals surface area contributed by atoms with Gasteiger partial charge >= 0.3 is 0 Å². The van der Waals surface area contributed by atoms with E-state index in [1.165, 1.54) is 16.7 Å². The molecule has 2 aromatic rings. The van der Waals surface area contributed by atoms with Crippen molar-refractivity contribution in [3.63, 3.8) is 0 Å². The normalized spacial score (nSPS) is 12.4. The molecule has 112 valence electrons. The Hall–Kier alpha value is -0.830. The van der Waals surface area contributed by atoms with Crippen LogP contribution in [0.1, 0.15) is 29.5 Å². The molecule has 1 N–H and O–H groups in total. The lowest BCUT2D eigenvalue weighted by atomic mass is 9.91. The molecule has 2 aromatic carbocycles. The van der Waals surface area contributed by atoms with Gasteiger partial charge in [0.2, 0.25) is 0 Å². The van der Waals surface area contributed by atoms with E-state index in [0.29, 0.717) is 5.92 Å². The standard InChI is InChI=1S/C18H21BrClN/c1-3-21-12-15(16-6-4-5-7-17(16)19)11-14-9-8-13(2)10-18(14)20/h4-10,15,21H,3,11-12H2,1-2H3. The third kappa shape index (κ3) is 4.57. The second kappa shape index (κ2) is 7.98. The maximum absolute atomic E-state index is 6.40. The fourth-order valence-corrected chi connectivity index (χ4v) is 3.42. The summed E-state index contributed by atoms with van der Waals surface area (Å²) in [6.45, 7) is 6.13.